The summed E-state index contributed by atoms with van der Waals surface area (Å²) in [7, 11) is 3.95. The lowest BCUT2D eigenvalue weighted by Crippen LogP contribution is -2.37. The Morgan fingerprint density at radius 3 is 2.33 bits per heavy atom. The van der Waals surface area contributed by atoms with Crippen molar-refractivity contribution in [2.75, 3.05) is 43.1 Å². The van der Waals surface area contributed by atoms with Gasteiger partial charge in [-0.25, -0.2) is 18.6 Å². The smallest absolute Gasteiger partial charge is 0.323 e. The highest BCUT2D eigenvalue weighted by Gasteiger charge is 2.27. The third-order valence-corrected chi connectivity index (χ3v) is 6.04. The molecular formula is C27H28F2N6O4. The summed E-state index contributed by atoms with van der Waals surface area (Å²) < 4.78 is 33.3. The van der Waals surface area contributed by atoms with Crippen LogP contribution >= 0.6 is 0 Å². The maximum atomic E-state index is 14.7. The van der Waals surface area contributed by atoms with Crippen LogP contribution in [-0.4, -0.2) is 65.9 Å². The van der Waals surface area contributed by atoms with Crippen LogP contribution < -0.4 is 20.7 Å². The third-order valence-electron chi connectivity index (χ3n) is 6.04. The molecule has 3 aromatic rings. The zero-order valence-electron chi connectivity index (χ0n) is 21.4. The summed E-state index contributed by atoms with van der Waals surface area (Å²) in [5, 5.41) is 7.66. The summed E-state index contributed by atoms with van der Waals surface area (Å²) in [6.45, 7) is 1.25. The van der Waals surface area contributed by atoms with E-state index in [0.717, 1.165) is 12.5 Å². The molecule has 1 aromatic heterocycles. The Morgan fingerprint density at radius 1 is 0.974 bits per heavy atom. The van der Waals surface area contributed by atoms with Gasteiger partial charge in [0.05, 0.1) is 0 Å². The maximum Gasteiger partial charge on any atom is 0.323 e. The molecule has 0 unspecified atom stereocenters. The van der Waals surface area contributed by atoms with E-state index < -0.39 is 29.9 Å². The summed E-state index contributed by atoms with van der Waals surface area (Å²) >= 11 is 0. The van der Waals surface area contributed by atoms with E-state index in [0.29, 0.717) is 24.8 Å². The predicted octanol–water partition coefficient (Wildman–Crippen LogP) is 4.29. The predicted molar refractivity (Wildman–Crippen MR) is 142 cm³/mol. The van der Waals surface area contributed by atoms with Crippen LogP contribution in [0.4, 0.5) is 30.8 Å². The fourth-order valence-corrected chi connectivity index (χ4v) is 3.96. The highest BCUT2D eigenvalue weighted by molar-refractivity contribution is 6.08. The fourth-order valence-electron chi connectivity index (χ4n) is 3.96. The first-order valence-electron chi connectivity index (χ1n) is 12.2. The molecule has 2 aromatic carbocycles. The molecule has 4 rings (SSSR count). The lowest BCUT2D eigenvalue weighted by atomic mass is 10.2. The number of ether oxygens (including phenoxy) is 1. The number of rotatable bonds is 8. The fraction of sp³-hybridized carbons (Fsp3) is 0.259. The van der Waals surface area contributed by atoms with Crippen molar-refractivity contribution in [1.29, 1.82) is 0 Å². The molecule has 1 aliphatic heterocycles. The number of amides is 4. The van der Waals surface area contributed by atoms with Crippen LogP contribution in [0, 0.1) is 11.6 Å². The highest BCUT2D eigenvalue weighted by Crippen LogP contribution is 2.28. The van der Waals surface area contributed by atoms with Crippen LogP contribution in [0.5, 0.6) is 11.5 Å². The van der Waals surface area contributed by atoms with E-state index in [1.165, 1.54) is 54.7 Å². The Kier molecular flexibility index (Phi) is 8.67. The van der Waals surface area contributed by atoms with Gasteiger partial charge in [-0.15, -0.1) is 0 Å². The SMILES string of the molecule is CN(C)[C@H]1CCN(C(=O)Nc2cc(Oc3ccc(NC(=O)CC(=O)Nc4ccc(F)cc4)cc3F)ccn2)C1. The van der Waals surface area contributed by atoms with Crippen LogP contribution in [0.3, 0.4) is 0 Å². The van der Waals surface area contributed by atoms with Crippen molar-refractivity contribution in [3.8, 4) is 11.5 Å². The van der Waals surface area contributed by atoms with Gasteiger partial charge in [-0.05, 0) is 63.0 Å². The minimum atomic E-state index is -0.752. The summed E-state index contributed by atoms with van der Waals surface area (Å²) in [5.41, 5.74) is 0.471. The van der Waals surface area contributed by atoms with Gasteiger partial charge in [0.25, 0.3) is 0 Å². The standard InChI is InChI=1S/C27H28F2N6O4/c1-34(2)20-10-12-35(16-20)27(38)33-24-14-21(9-11-30-24)39-23-8-7-19(13-22(23)29)32-26(37)15-25(36)31-18-5-3-17(28)4-6-18/h3-9,11,13-14,20H,10,12,15-16H2,1-2H3,(H,31,36)(H,32,37)(H,30,33,38)/t20-/m0/s1. The van der Waals surface area contributed by atoms with Crippen molar-refractivity contribution in [2.24, 2.45) is 0 Å². The van der Waals surface area contributed by atoms with Gasteiger partial charge in [-0.1, -0.05) is 0 Å². The topological polar surface area (TPSA) is 116 Å². The summed E-state index contributed by atoms with van der Waals surface area (Å²) in [6, 6.07) is 11.9. The second-order valence-corrected chi connectivity index (χ2v) is 9.19. The van der Waals surface area contributed by atoms with Crippen molar-refractivity contribution < 1.29 is 27.9 Å². The summed E-state index contributed by atoms with van der Waals surface area (Å²) in [6.07, 6.45) is 1.80. The maximum absolute atomic E-state index is 14.7. The second-order valence-electron chi connectivity index (χ2n) is 9.19. The monoisotopic (exact) mass is 538 g/mol. The van der Waals surface area contributed by atoms with Gasteiger partial charge in [0.2, 0.25) is 11.8 Å². The minimum Gasteiger partial charge on any atom is -0.454 e. The molecule has 1 saturated heterocycles. The van der Waals surface area contributed by atoms with Crippen molar-refractivity contribution in [3.05, 3.63) is 72.4 Å². The van der Waals surface area contributed by atoms with Crippen molar-refractivity contribution in [1.82, 2.24) is 14.8 Å². The lowest BCUT2D eigenvalue weighted by Gasteiger charge is -2.20. The van der Waals surface area contributed by atoms with Crippen molar-refractivity contribution >= 4 is 35.0 Å². The molecule has 0 aliphatic carbocycles. The average molecular weight is 539 g/mol. The Morgan fingerprint density at radius 2 is 1.67 bits per heavy atom. The molecule has 1 aliphatic rings. The number of likely N-dealkylation sites (N-methyl/N-ethyl adjacent to an activating group) is 1. The first-order valence-corrected chi connectivity index (χ1v) is 12.2. The van der Waals surface area contributed by atoms with Gasteiger partial charge in [0.15, 0.2) is 11.6 Å². The first kappa shape index (κ1) is 27.5. The van der Waals surface area contributed by atoms with Gasteiger partial charge in [-0.3, -0.25) is 14.9 Å². The Balaban J connectivity index is 1.30. The molecule has 2 heterocycles. The normalized spacial score (nSPS) is 14.7. The molecule has 1 fully saturated rings. The number of urea groups is 1. The van der Waals surface area contributed by atoms with E-state index in [4.69, 9.17) is 4.74 Å². The van der Waals surface area contributed by atoms with E-state index in [1.54, 1.807) is 4.90 Å². The number of carbonyl (C=O) groups is 3. The Labute approximate surface area is 224 Å². The van der Waals surface area contributed by atoms with Gasteiger partial charge in [0.1, 0.15) is 23.8 Å². The summed E-state index contributed by atoms with van der Waals surface area (Å²) in [4.78, 5) is 44.7. The van der Waals surface area contributed by atoms with Gasteiger partial charge < -0.3 is 25.2 Å². The number of nitrogens with one attached hydrogen (secondary N) is 3. The molecule has 0 saturated carbocycles. The number of carbonyl (C=O) groups excluding carboxylic acids is 3. The summed E-state index contributed by atoms with van der Waals surface area (Å²) in [5.74, 6) is -2.08. The average Bonchev–Trinajstić information content (AvgIpc) is 3.38. The zero-order chi connectivity index (χ0) is 27.9. The van der Waals surface area contributed by atoms with E-state index >= 15 is 0 Å². The number of halogens is 2. The largest absolute Gasteiger partial charge is 0.454 e. The van der Waals surface area contributed by atoms with Gasteiger partial charge >= 0.3 is 6.03 Å². The van der Waals surface area contributed by atoms with E-state index in [2.05, 4.69) is 25.8 Å². The number of hydrogen-bond acceptors (Lipinski definition) is 6. The van der Waals surface area contributed by atoms with Crippen molar-refractivity contribution in [3.63, 3.8) is 0 Å². The molecule has 12 heteroatoms. The van der Waals surface area contributed by atoms with Crippen LogP contribution in [0.25, 0.3) is 0 Å². The van der Waals surface area contributed by atoms with E-state index in [-0.39, 0.29) is 29.0 Å². The number of likely N-dealkylation sites (tertiary alicyclic amines) is 1. The molecule has 4 amide bonds. The van der Waals surface area contributed by atoms with E-state index in [1.807, 2.05) is 14.1 Å². The highest BCUT2D eigenvalue weighted by atomic mass is 19.1. The van der Waals surface area contributed by atoms with Gasteiger partial charge in [-0.2, -0.15) is 0 Å². The second kappa shape index (κ2) is 12.3. The third kappa shape index (κ3) is 7.71. The van der Waals surface area contributed by atoms with Crippen LogP contribution in [0.15, 0.2) is 60.8 Å². The number of hydrogen-bond donors (Lipinski definition) is 3. The molecule has 0 spiro atoms. The Bertz CT molecular complexity index is 1350. The molecule has 10 nitrogen and oxygen atoms in total. The first-order chi connectivity index (χ1) is 18.7. The van der Waals surface area contributed by atoms with Crippen LogP contribution in [0.1, 0.15) is 12.8 Å². The number of aromatic nitrogens is 1. The molecule has 0 bridgehead atoms. The van der Waals surface area contributed by atoms with E-state index in [9.17, 15) is 23.2 Å². The van der Waals surface area contributed by atoms with Gasteiger partial charge in [0, 0.05) is 48.8 Å². The van der Waals surface area contributed by atoms with Crippen LogP contribution in [0.2, 0.25) is 0 Å². The number of benzene rings is 2. The molecular weight excluding hydrogens is 510 g/mol. The molecule has 0 radical (unpaired) electrons. The van der Waals surface area contributed by atoms with Crippen molar-refractivity contribution in [2.45, 2.75) is 18.9 Å². The quantitative estimate of drug-likeness (QED) is 0.369. The Hall–Kier alpha value is -4.58. The minimum absolute atomic E-state index is 0.112. The van der Waals surface area contributed by atoms with Crippen LogP contribution in [-0.2, 0) is 9.59 Å². The number of nitrogens with zero attached hydrogens (tertiary/aromatic N) is 3. The molecule has 204 valence electrons. The lowest BCUT2D eigenvalue weighted by molar-refractivity contribution is -0.123. The zero-order valence-corrected chi connectivity index (χ0v) is 21.4. The molecule has 1 atom stereocenters. The molecule has 3 N–H and O–H groups in total. The molecule has 39 heavy (non-hydrogen) atoms. The number of pyridine rings is 1. The number of anilines is 3.